The summed E-state index contributed by atoms with van der Waals surface area (Å²) in [4.78, 5) is 30.6. The number of carbonyl (C=O) groups excluding carboxylic acids is 2. The lowest BCUT2D eigenvalue weighted by molar-refractivity contribution is -0.132. The van der Waals surface area contributed by atoms with Crippen LogP contribution in [0, 0.1) is 13.8 Å². The maximum Gasteiger partial charge on any atom is 0.300 e. The second-order valence-corrected chi connectivity index (χ2v) is 9.27. The van der Waals surface area contributed by atoms with Gasteiger partial charge in [-0.2, -0.15) is 0 Å². The van der Waals surface area contributed by atoms with Gasteiger partial charge >= 0.3 is 0 Å². The molecule has 190 valence electrons. The van der Waals surface area contributed by atoms with E-state index >= 15 is 0 Å². The van der Waals surface area contributed by atoms with Gasteiger partial charge in [0, 0.05) is 30.0 Å². The number of nitrogens with zero attached hydrogens (tertiary/aromatic N) is 2. The molecule has 1 saturated heterocycles. The van der Waals surface area contributed by atoms with Crippen molar-refractivity contribution in [3.05, 3.63) is 88.5 Å². The van der Waals surface area contributed by atoms with Crippen molar-refractivity contribution in [2.24, 2.45) is 0 Å². The Kier molecular flexibility index (Phi) is 6.38. The van der Waals surface area contributed by atoms with E-state index < -0.39 is 17.7 Å². The quantitative estimate of drug-likeness (QED) is 0.275. The number of rotatable bonds is 6. The van der Waals surface area contributed by atoms with Crippen LogP contribution in [0.5, 0.6) is 11.5 Å². The van der Waals surface area contributed by atoms with Crippen molar-refractivity contribution in [1.29, 1.82) is 0 Å². The lowest BCUT2D eigenvalue weighted by atomic mass is 9.94. The summed E-state index contributed by atoms with van der Waals surface area (Å²) >= 11 is 0. The second-order valence-electron chi connectivity index (χ2n) is 9.27. The van der Waals surface area contributed by atoms with Gasteiger partial charge in [-0.15, -0.1) is 0 Å². The fourth-order valence-electron chi connectivity index (χ4n) is 4.95. The van der Waals surface area contributed by atoms with Crippen molar-refractivity contribution in [2.45, 2.75) is 33.7 Å². The highest BCUT2D eigenvalue weighted by atomic mass is 16.7. The number of aliphatic hydroxyl groups excluding tert-OH is 1. The molecule has 0 radical (unpaired) electrons. The zero-order chi connectivity index (χ0) is 26.3. The van der Waals surface area contributed by atoms with Crippen molar-refractivity contribution >= 4 is 28.8 Å². The van der Waals surface area contributed by atoms with Gasteiger partial charge in [-0.05, 0) is 86.8 Å². The summed E-state index contributed by atoms with van der Waals surface area (Å²) in [5.41, 5.74) is 4.90. The van der Waals surface area contributed by atoms with Gasteiger partial charge in [-0.25, -0.2) is 0 Å². The predicted octanol–water partition coefficient (Wildman–Crippen LogP) is 5.50. The van der Waals surface area contributed by atoms with E-state index in [2.05, 4.69) is 18.7 Å². The Morgan fingerprint density at radius 2 is 1.62 bits per heavy atom. The van der Waals surface area contributed by atoms with Gasteiger partial charge in [0.05, 0.1) is 11.6 Å². The first-order chi connectivity index (χ1) is 17.8. The number of hydrogen-bond donors (Lipinski definition) is 1. The number of fused-ring (bicyclic) bond motifs is 1. The van der Waals surface area contributed by atoms with E-state index in [-0.39, 0.29) is 18.1 Å². The molecule has 3 aromatic carbocycles. The minimum atomic E-state index is -0.793. The Morgan fingerprint density at radius 3 is 2.30 bits per heavy atom. The van der Waals surface area contributed by atoms with E-state index in [1.807, 2.05) is 56.3 Å². The molecule has 1 atom stereocenters. The van der Waals surface area contributed by atoms with Crippen LogP contribution in [-0.4, -0.2) is 36.7 Å². The van der Waals surface area contributed by atoms with Crippen LogP contribution in [0.3, 0.4) is 0 Å². The van der Waals surface area contributed by atoms with Crippen LogP contribution in [0.4, 0.5) is 11.4 Å². The van der Waals surface area contributed by atoms with Crippen molar-refractivity contribution in [1.82, 2.24) is 0 Å². The molecular formula is C30H30N2O5. The van der Waals surface area contributed by atoms with Crippen LogP contribution in [-0.2, 0) is 9.59 Å². The number of hydrogen-bond acceptors (Lipinski definition) is 6. The van der Waals surface area contributed by atoms with Crippen LogP contribution < -0.4 is 19.3 Å². The maximum atomic E-state index is 13.5. The monoisotopic (exact) mass is 498 g/mol. The standard InChI is InChI=1S/C30H30N2O5/c1-5-31(6-2)22-12-8-20(9-13-22)27-26(28(33)21-10-14-24-25(16-21)37-17-36-24)29(34)30(35)32(27)23-11-7-18(3)19(4)15-23/h7-16,27,33H,5-6,17H2,1-4H3/b28-26-. The van der Waals surface area contributed by atoms with Crippen molar-refractivity contribution in [3.63, 3.8) is 0 Å². The molecule has 5 rings (SSSR count). The minimum absolute atomic E-state index is 0.0395. The number of Topliss-reactive ketones (excluding diaryl/α,β-unsaturated/α-hetero) is 1. The van der Waals surface area contributed by atoms with Crippen LogP contribution in [0.25, 0.3) is 5.76 Å². The van der Waals surface area contributed by atoms with E-state index in [0.29, 0.717) is 22.7 Å². The van der Waals surface area contributed by atoms with Crippen LogP contribution >= 0.6 is 0 Å². The molecule has 7 nitrogen and oxygen atoms in total. The Labute approximate surface area is 216 Å². The van der Waals surface area contributed by atoms with Crippen molar-refractivity contribution in [3.8, 4) is 11.5 Å². The maximum absolute atomic E-state index is 13.5. The highest BCUT2D eigenvalue weighted by Crippen LogP contribution is 2.44. The number of amides is 1. The lowest BCUT2D eigenvalue weighted by Crippen LogP contribution is -2.29. The number of anilines is 2. The summed E-state index contributed by atoms with van der Waals surface area (Å²) in [6, 6.07) is 17.7. The summed E-state index contributed by atoms with van der Waals surface area (Å²) in [5, 5.41) is 11.4. The first-order valence-electron chi connectivity index (χ1n) is 12.5. The van der Waals surface area contributed by atoms with Gasteiger partial charge in [0.2, 0.25) is 6.79 Å². The van der Waals surface area contributed by atoms with E-state index in [9.17, 15) is 14.7 Å². The Hall–Kier alpha value is -4.26. The Balaban J connectivity index is 1.67. The Morgan fingerprint density at radius 1 is 0.919 bits per heavy atom. The molecule has 2 aliphatic heterocycles. The molecule has 0 spiro atoms. The van der Waals surface area contributed by atoms with E-state index in [0.717, 1.165) is 35.5 Å². The fourth-order valence-corrected chi connectivity index (χ4v) is 4.95. The number of ether oxygens (including phenoxy) is 2. The Bertz CT molecular complexity index is 1410. The van der Waals surface area contributed by atoms with Crippen LogP contribution in [0.15, 0.2) is 66.2 Å². The average molecular weight is 499 g/mol. The number of aliphatic hydroxyl groups is 1. The smallest absolute Gasteiger partial charge is 0.300 e. The van der Waals surface area contributed by atoms with Crippen molar-refractivity contribution < 1.29 is 24.2 Å². The molecule has 7 heteroatoms. The molecule has 2 aliphatic rings. The summed E-state index contributed by atoms with van der Waals surface area (Å²) in [6.45, 7) is 9.97. The largest absolute Gasteiger partial charge is 0.507 e. The van der Waals surface area contributed by atoms with Crippen LogP contribution in [0.2, 0.25) is 0 Å². The first kappa shape index (κ1) is 24.4. The van der Waals surface area contributed by atoms with Gasteiger partial charge in [0.25, 0.3) is 11.7 Å². The highest BCUT2D eigenvalue weighted by molar-refractivity contribution is 6.51. The van der Waals surface area contributed by atoms with Gasteiger partial charge < -0.3 is 19.5 Å². The summed E-state index contributed by atoms with van der Waals surface area (Å²) < 4.78 is 10.8. The van der Waals surface area contributed by atoms with E-state index in [1.54, 1.807) is 18.2 Å². The summed E-state index contributed by atoms with van der Waals surface area (Å²) in [7, 11) is 0. The van der Waals surface area contributed by atoms with Gasteiger partial charge in [0.15, 0.2) is 11.5 Å². The number of ketones is 1. The summed E-state index contributed by atoms with van der Waals surface area (Å²) in [5.74, 6) is -0.612. The molecule has 1 unspecified atom stereocenters. The average Bonchev–Trinajstić information content (AvgIpc) is 3.48. The molecule has 2 heterocycles. The lowest BCUT2D eigenvalue weighted by Gasteiger charge is -2.27. The third kappa shape index (κ3) is 4.20. The molecule has 37 heavy (non-hydrogen) atoms. The zero-order valence-corrected chi connectivity index (χ0v) is 21.4. The molecule has 0 bridgehead atoms. The molecule has 0 saturated carbocycles. The van der Waals surface area contributed by atoms with Crippen molar-refractivity contribution in [2.75, 3.05) is 29.7 Å². The molecule has 3 aromatic rings. The molecule has 1 amide bonds. The first-order valence-corrected chi connectivity index (χ1v) is 12.5. The van der Waals surface area contributed by atoms with Crippen LogP contribution in [0.1, 0.15) is 42.1 Å². The minimum Gasteiger partial charge on any atom is -0.507 e. The zero-order valence-electron chi connectivity index (χ0n) is 21.4. The molecular weight excluding hydrogens is 468 g/mol. The molecule has 1 N–H and O–H groups in total. The molecule has 0 aliphatic carbocycles. The molecule has 1 fully saturated rings. The predicted molar refractivity (Wildman–Crippen MR) is 143 cm³/mol. The number of aryl methyl sites for hydroxylation is 2. The van der Waals surface area contributed by atoms with E-state index in [1.165, 1.54) is 4.90 Å². The molecule has 0 aromatic heterocycles. The third-order valence-electron chi connectivity index (χ3n) is 7.20. The number of carbonyl (C=O) groups is 2. The fraction of sp³-hybridized carbons (Fsp3) is 0.267. The number of benzene rings is 3. The topological polar surface area (TPSA) is 79.3 Å². The third-order valence-corrected chi connectivity index (χ3v) is 7.20. The van der Waals surface area contributed by atoms with Gasteiger partial charge in [-0.3, -0.25) is 14.5 Å². The van der Waals surface area contributed by atoms with Gasteiger partial charge in [0.1, 0.15) is 5.76 Å². The van der Waals surface area contributed by atoms with E-state index in [4.69, 9.17) is 9.47 Å². The normalized spacial score (nSPS) is 17.9. The second kappa shape index (κ2) is 9.65. The summed E-state index contributed by atoms with van der Waals surface area (Å²) in [6.07, 6.45) is 0. The highest BCUT2D eigenvalue weighted by Gasteiger charge is 2.47. The SMILES string of the molecule is CCN(CC)c1ccc(C2/C(=C(/O)c3ccc4c(c3)OCO4)C(=O)C(=O)N2c2ccc(C)c(C)c2)cc1. The van der Waals surface area contributed by atoms with Gasteiger partial charge in [-0.1, -0.05) is 18.2 Å².